The molecule has 0 radical (unpaired) electrons. The van der Waals surface area contributed by atoms with E-state index in [2.05, 4.69) is 0 Å². The van der Waals surface area contributed by atoms with Gasteiger partial charge in [-0.15, -0.1) is 11.3 Å². The van der Waals surface area contributed by atoms with Crippen molar-refractivity contribution < 1.29 is 18.7 Å². The Bertz CT molecular complexity index is 1030. The van der Waals surface area contributed by atoms with E-state index < -0.39 is 12.4 Å². The lowest BCUT2D eigenvalue weighted by molar-refractivity contribution is -0.136. The molecule has 0 unspecified atom stereocenters. The molecule has 140 valence electrons. The zero-order valence-electron chi connectivity index (χ0n) is 14.9. The van der Waals surface area contributed by atoms with Gasteiger partial charge in [-0.05, 0) is 54.9 Å². The summed E-state index contributed by atoms with van der Waals surface area (Å²) in [7, 11) is 0. The number of aryl methyl sites for hydroxylation is 3. The maximum absolute atomic E-state index is 13.0. The summed E-state index contributed by atoms with van der Waals surface area (Å²) in [4.78, 5) is 18.4. The maximum Gasteiger partial charge on any atom is 0.307 e. The maximum atomic E-state index is 13.0. The average molecular weight is 387 g/mol. The summed E-state index contributed by atoms with van der Waals surface area (Å²) in [6, 6.07) is 6.19. The van der Waals surface area contributed by atoms with Gasteiger partial charge >= 0.3 is 5.97 Å². The number of alkyl halides is 2. The van der Waals surface area contributed by atoms with E-state index >= 15 is 0 Å². The lowest BCUT2D eigenvalue weighted by Crippen LogP contribution is -2.07. The second-order valence-electron chi connectivity index (χ2n) is 6.94. The van der Waals surface area contributed by atoms with Crippen molar-refractivity contribution in [1.29, 1.82) is 0 Å². The molecule has 6 heteroatoms. The molecule has 0 spiro atoms. The van der Waals surface area contributed by atoms with Crippen LogP contribution in [-0.4, -0.2) is 16.1 Å². The van der Waals surface area contributed by atoms with E-state index in [1.54, 1.807) is 23.5 Å². The molecule has 0 saturated heterocycles. The van der Waals surface area contributed by atoms with Crippen LogP contribution in [0.3, 0.4) is 0 Å². The fourth-order valence-electron chi connectivity index (χ4n) is 3.92. The summed E-state index contributed by atoms with van der Waals surface area (Å²) in [6.45, 7) is 1.83. The molecule has 2 aromatic heterocycles. The van der Waals surface area contributed by atoms with Gasteiger partial charge in [0, 0.05) is 21.5 Å². The van der Waals surface area contributed by atoms with Crippen molar-refractivity contribution in [2.45, 2.75) is 45.5 Å². The van der Waals surface area contributed by atoms with Crippen LogP contribution in [0.5, 0.6) is 0 Å². The highest BCUT2D eigenvalue weighted by Crippen LogP contribution is 2.43. The summed E-state index contributed by atoms with van der Waals surface area (Å²) >= 11 is 1.68. The van der Waals surface area contributed by atoms with Crippen molar-refractivity contribution in [3.8, 4) is 11.1 Å². The van der Waals surface area contributed by atoms with E-state index in [9.17, 15) is 18.7 Å². The lowest BCUT2D eigenvalue weighted by atomic mass is 9.88. The van der Waals surface area contributed by atoms with Gasteiger partial charge in [-0.25, -0.2) is 13.8 Å². The number of thiophene rings is 1. The van der Waals surface area contributed by atoms with E-state index in [0.29, 0.717) is 11.3 Å². The number of pyridine rings is 1. The van der Waals surface area contributed by atoms with Crippen LogP contribution >= 0.6 is 11.3 Å². The summed E-state index contributed by atoms with van der Waals surface area (Å²) in [5.41, 5.74) is 4.21. The first-order valence-electron chi connectivity index (χ1n) is 8.99. The van der Waals surface area contributed by atoms with Crippen LogP contribution in [0.1, 0.15) is 46.5 Å². The SMILES string of the molecule is Cc1nc2sc3c(c2c(-c2ccc(C(F)F)cc2)c1CC(=O)O)CCCC3. The lowest BCUT2D eigenvalue weighted by Gasteiger charge is -2.16. The number of hydrogen-bond donors (Lipinski definition) is 1. The number of carboxylic acid groups (broad SMARTS) is 1. The minimum Gasteiger partial charge on any atom is -0.481 e. The van der Waals surface area contributed by atoms with Gasteiger partial charge in [-0.2, -0.15) is 0 Å². The molecular weight excluding hydrogens is 368 g/mol. The third-order valence-corrected chi connectivity index (χ3v) is 6.38. The number of aromatic nitrogens is 1. The van der Waals surface area contributed by atoms with Gasteiger partial charge in [0.25, 0.3) is 6.43 Å². The normalized spacial score (nSPS) is 13.9. The fraction of sp³-hybridized carbons (Fsp3) is 0.333. The molecule has 1 aliphatic rings. The summed E-state index contributed by atoms with van der Waals surface area (Å²) in [6.07, 6.45) is 1.57. The molecule has 0 bridgehead atoms. The number of halogens is 2. The standard InChI is InChI=1S/C21H19F2NO2S/c1-11-15(10-17(25)26)18(12-6-8-13(9-7-12)20(22)23)19-14-4-2-3-5-16(14)27-21(19)24-11/h6-9,20H,2-5,10H2,1H3,(H,25,26). The van der Waals surface area contributed by atoms with Crippen LogP contribution in [0.4, 0.5) is 8.78 Å². The first-order valence-corrected chi connectivity index (χ1v) is 9.81. The van der Waals surface area contributed by atoms with Crippen molar-refractivity contribution >= 4 is 27.5 Å². The van der Waals surface area contributed by atoms with Gasteiger partial charge in [-0.3, -0.25) is 4.79 Å². The number of hydrogen-bond acceptors (Lipinski definition) is 3. The Labute approximate surface area is 159 Å². The zero-order chi connectivity index (χ0) is 19.1. The highest BCUT2D eigenvalue weighted by molar-refractivity contribution is 7.19. The van der Waals surface area contributed by atoms with Crippen molar-refractivity contribution in [3.05, 3.63) is 51.5 Å². The first-order chi connectivity index (χ1) is 13.0. The molecule has 0 saturated carbocycles. The Morgan fingerprint density at radius 2 is 1.93 bits per heavy atom. The molecule has 0 amide bonds. The molecule has 1 aromatic carbocycles. The van der Waals surface area contributed by atoms with E-state index in [1.807, 2.05) is 6.92 Å². The molecule has 1 N–H and O–H groups in total. The van der Waals surface area contributed by atoms with E-state index in [4.69, 9.17) is 4.98 Å². The van der Waals surface area contributed by atoms with E-state index in [-0.39, 0.29) is 12.0 Å². The molecular formula is C21H19F2NO2S. The van der Waals surface area contributed by atoms with Gasteiger partial charge in [0.1, 0.15) is 4.83 Å². The number of benzene rings is 1. The Morgan fingerprint density at radius 1 is 1.22 bits per heavy atom. The van der Waals surface area contributed by atoms with Gasteiger partial charge in [0.05, 0.1) is 6.42 Å². The van der Waals surface area contributed by atoms with Gasteiger partial charge in [0.15, 0.2) is 0 Å². The highest BCUT2D eigenvalue weighted by atomic mass is 32.1. The van der Waals surface area contributed by atoms with Crippen LogP contribution in [-0.2, 0) is 24.1 Å². The van der Waals surface area contributed by atoms with Crippen molar-refractivity contribution in [2.75, 3.05) is 0 Å². The number of aliphatic carboxylic acids is 1. The Hall–Kier alpha value is -2.34. The van der Waals surface area contributed by atoms with Crippen LogP contribution in [0.2, 0.25) is 0 Å². The summed E-state index contributed by atoms with van der Waals surface area (Å²) < 4.78 is 25.9. The molecule has 4 rings (SSSR count). The predicted molar refractivity (Wildman–Crippen MR) is 103 cm³/mol. The molecule has 2 heterocycles. The molecule has 3 aromatic rings. The quantitative estimate of drug-likeness (QED) is 0.623. The topological polar surface area (TPSA) is 50.2 Å². The molecule has 0 atom stereocenters. The minimum atomic E-state index is -2.52. The van der Waals surface area contributed by atoms with Crippen LogP contribution in [0, 0.1) is 6.92 Å². The van der Waals surface area contributed by atoms with Crippen LogP contribution < -0.4 is 0 Å². The molecule has 27 heavy (non-hydrogen) atoms. The fourth-order valence-corrected chi connectivity index (χ4v) is 5.24. The largest absolute Gasteiger partial charge is 0.481 e. The van der Waals surface area contributed by atoms with E-state index in [1.165, 1.54) is 22.6 Å². The first kappa shape index (κ1) is 18.0. The van der Waals surface area contributed by atoms with Gasteiger partial charge in [0.2, 0.25) is 0 Å². The molecule has 0 aliphatic heterocycles. The number of rotatable bonds is 4. The zero-order valence-corrected chi connectivity index (χ0v) is 15.7. The Balaban J connectivity index is 2.02. The Morgan fingerprint density at radius 3 is 2.59 bits per heavy atom. The number of carbonyl (C=O) groups is 1. The van der Waals surface area contributed by atoms with E-state index in [0.717, 1.165) is 47.0 Å². The van der Waals surface area contributed by atoms with Crippen LogP contribution in [0.25, 0.3) is 21.3 Å². The Kier molecular flexibility index (Phi) is 4.68. The van der Waals surface area contributed by atoms with Crippen molar-refractivity contribution in [3.63, 3.8) is 0 Å². The second-order valence-corrected chi connectivity index (χ2v) is 8.02. The highest BCUT2D eigenvalue weighted by Gasteiger charge is 2.24. The van der Waals surface area contributed by atoms with Crippen LogP contribution in [0.15, 0.2) is 24.3 Å². The van der Waals surface area contributed by atoms with Gasteiger partial charge < -0.3 is 5.11 Å². The second kappa shape index (κ2) is 7.00. The predicted octanol–water partition coefficient (Wildman–Crippen LogP) is 5.72. The average Bonchev–Trinajstić information content (AvgIpc) is 3.00. The van der Waals surface area contributed by atoms with Crippen molar-refractivity contribution in [1.82, 2.24) is 4.98 Å². The van der Waals surface area contributed by atoms with Gasteiger partial charge in [-0.1, -0.05) is 24.3 Å². The third-order valence-electron chi connectivity index (χ3n) is 5.19. The molecule has 3 nitrogen and oxygen atoms in total. The minimum absolute atomic E-state index is 0.0343. The molecule has 0 fully saturated rings. The number of nitrogens with zero attached hydrogens (tertiary/aromatic N) is 1. The molecule has 1 aliphatic carbocycles. The monoisotopic (exact) mass is 387 g/mol. The smallest absolute Gasteiger partial charge is 0.307 e. The summed E-state index contributed by atoms with van der Waals surface area (Å²) in [5.74, 6) is -0.922. The van der Waals surface area contributed by atoms with Crippen molar-refractivity contribution in [2.24, 2.45) is 0 Å². The number of fused-ring (bicyclic) bond motifs is 3. The summed E-state index contributed by atoms with van der Waals surface area (Å²) in [5, 5.41) is 10.4. The third kappa shape index (κ3) is 3.23. The number of carboxylic acids is 1.